The lowest BCUT2D eigenvalue weighted by molar-refractivity contribution is 0.202. The van der Waals surface area contributed by atoms with Crippen molar-refractivity contribution in [1.29, 1.82) is 0 Å². The van der Waals surface area contributed by atoms with Crippen molar-refractivity contribution >= 4 is 28.5 Å². The molecular weight excluding hydrogens is 358 g/mol. The van der Waals surface area contributed by atoms with E-state index in [1.54, 1.807) is 6.20 Å². The van der Waals surface area contributed by atoms with Crippen molar-refractivity contribution in [2.75, 3.05) is 31.5 Å². The Hall–Kier alpha value is -2.11. The Kier molecular flexibility index (Phi) is 6.02. The molecule has 0 spiro atoms. The highest BCUT2D eigenvalue weighted by Crippen LogP contribution is 2.31. The maximum atomic E-state index is 6.31. The Morgan fingerprint density at radius 3 is 2.74 bits per heavy atom. The molecule has 3 aromatic rings. The molecule has 0 radical (unpaired) electrons. The summed E-state index contributed by atoms with van der Waals surface area (Å²) < 4.78 is 0. The normalized spacial score (nSPS) is 12.1. The molecular formula is C21H28ClN5. The summed E-state index contributed by atoms with van der Waals surface area (Å²) in [4.78, 5) is 14.5. The number of rotatable bonds is 8. The SMILES string of the molecule is CCN(CC)CC(C)(C)CNc1cc(-c2c[nH]c3ncccc23)cc(Cl)n1. The Morgan fingerprint density at radius 1 is 1.22 bits per heavy atom. The van der Waals surface area contributed by atoms with Gasteiger partial charge in [-0.1, -0.05) is 39.3 Å². The monoisotopic (exact) mass is 385 g/mol. The third kappa shape index (κ3) is 4.79. The van der Waals surface area contributed by atoms with Crippen molar-refractivity contribution in [2.45, 2.75) is 27.7 Å². The van der Waals surface area contributed by atoms with Crippen LogP contribution in [-0.4, -0.2) is 46.0 Å². The van der Waals surface area contributed by atoms with Gasteiger partial charge in [0.1, 0.15) is 16.6 Å². The summed E-state index contributed by atoms with van der Waals surface area (Å²) in [6.07, 6.45) is 3.75. The van der Waals surface area contributed by atoms with Gasteiger partial charge in [-0.25, -0.2) is 9.97 Å². The minimum Gasteiger partial charge on any atom is -0.369 e. The van der Waals surface area contributed by atoms with Crippen LogP contribution in [0.5, 0.6) is 0 Å². The molecule has 0 unspecified atom stereocenters. The summed E-state index contributed by atoms with van der Waals surface area (Å²) in [6, 6.07) is 7.94. The second-order valence-corrected chi connectivity index (χ2v) is 8.03. The lowest BCUT2D eigenvalue weighted by Gasteiger charge is -2.31. The second-order valence-electron chi connectivity index (χ2n) is 7.64. The molecule has 0 saturated carbocycles. The molecule has 0 bridgehead atoms. The molecule has 6 heteroatoms. The topological polar surface area (TPSA) is 56.8 Å². The van der Waals surface area contributed by atoms with E-state index in [0.717, 1.165) is 54.2 Å². The number of anilines is 1. The number of nitrogens with one attached hydrogen (secondary N) is 2. The second kappa shape index (κ2) is 8.28. The van der Waals surface area contributed by atoms with Crippen molar-refractivity contribution in [3.8, 4) is 11.1 Å². The predicted octanol–water partition coefficient (Wildman–Crippen LogP) is 5.06. The van der Waals surface area contributed by atoms with E-state index in [0.29, 0.717) is 5.15 Å². The fraction of sp³-hybridized carbons (Fsp3) is 0.429. The Morgan fingerprint density at radius 2 is 2.00 bits per heavy atom. The molecule has 3 rings (SSSR count). The van der Waals surface area contributed by atoms with E-state index in [4.69, 9.17) is 11.6 Å². The first-order valence-corrected chi connectivity index (χ1v) is 9.86. The molecule has 0 fully saturated rings. The number of hydrogen-bond donors (Lipinski definition) is 2. The van der Waals surface area contributed by atoms with Crippen molar-refractivity contribution in [2.24, 2.45) is 5.41 Å². The van der Waals surface area contributed by atoms with Crippen LogP contribution in [0.2, 0.25) is 5.15 Å². The first-order chi connectivity index (χ1) is 12.9. The van der Waals surface area contributed by atoms with Crippen LogP contribution in [0, 0.1) is 5.41 Å². The number of aromatic nitrogens is 3. The molecule has 0 aliphatic rings. The van der Waals surface area contributed by atoms with Crippen LogP contribution in [0.15, 0.2) is 36.7 Å². The van der Waals surface area contributed by atoms with E-state index in [1.807, 2.05) is 18.3 Å². The smallest absolute Gasteiger partial charge is 0.137 e. The van der Waals surface area contributed by atoms with Gasteiger partial charge < -0.3 is 15.2 Å². The minimum atomic E-state index is 0.126. The van der Waals surface area contributed by atoms with Gasteiger partial charge in [-0.3, -0.25) is 0 Å². The van der Waals surface area contributed by atoms with E-state index in [2.05, 4.69) is 65.0 Å². The number of hydrogen-bond acceptors (Lipinski definition) is 4. The van der Waals surface area contributed by atoms with Crippen LogP contribution in [0.1, 0.15) is 27.7 Å². The zero-order chi connectivity index (χ0) is 19.4. The van der Waals surface area contributed by atoms with Crippen LogP contribution in [0.4, 0.5) is 5.82 Å². The zero-order valence-electron chi connectivity index (χ0n) is 16.5. The van der Waals surface area contributed by atoms with Gasteiger partial charge in [0.05, 0.1) is 0 Å². The largest absolute Gasteiger partial charge is 0.369 e. The fourth-order valence-corrected chi connectivity index (χ4v) is 3.58. The summed E-state index contributed by atoms with van der Waals surface area (Å²) in [6.45, 7) is 12.9. The number of halogens is 1. The average Bonchev–Trinajstić information content (AvgIpc) is 3.08. The van der Waals surface area contributed by atoms with E-state index in [-0.39, 0.29) is 5.41 Å². The van der Waals surface area contributed by atoms with Gasteiger partial charge in [-0.05, 0) is 48.3 Å². The molecule has 5 nitrogen and oxygen atoms in total. The number of nitrogens with zero attached hydrogens (tertiary/aromatic N) is 3. The number of fused-ring (bicyclic) bond motifs is 1. The zero-order valence-corrected chi connectivity index (χ0v) is 17.3. The first kappa shape index (κ1) is 19.6. The third-order valence-corrected chi connectivity index (χ3v) is 5.04. The lowest BCUT2D eigenvalue weighted by atomic mass is 9.92. The summed E-state index contributed by atoms with van der Waals surface area (Å²) in [5, 5.41) is 5.04. The molecule has 0 amide bonds. The van der Waals surface area contributed by atoms with Gasteiger partial charge in [-0.15, -0.1) is 0 Å². The maximum Gasteiger partial charge on any atom is 0.137 e. The van der Waals surface area contributed by atoms with Gasteiger partial charge >= 0.3 is 0 Å². The summed E-state index contributed by atoms with van der Waals surface area (Å²) in [5.74, 6) is 0.795. The van der Waals surface area contributed by atoms with Crippen LogP contribution in [-0.2, 0) is 0 Å². The van der Waals surface area contributed by atoms with Crippen LogP contribution in [0.25, 0.3) is 22.2 Å². The van der Waals surface area contributed by atoms with E-state index in [9.17, 15) is 0 Å². The van der Waals surface area contributed by atoms with Crippen LogP contribution >= 0.6 is 11.6 Å². The van der Waals surface area contributed by atoms with Gasteiger partial charge in [0, 0.05) is 36.4 Å². The quantitative estimate of drug-likeness (QED) is 0.532. The van der Waals surface area contributed by atoms with Crippen LogP contribution in [0.3, 0.4) is 0 Å². The highest BCUT2D eigenvalue weighted by Gasteiger charge is 2.21. The van der Waals surface area contributed by atoms with Gasteiger partial charge in [0.25, 0.3) is 0 Å². The van der Waals surface area contributed by atoms with Crippen molar-refractivity contribution in [1.82, 2.24) is 19.9 Å². The van der Waals surface area contributed by atoms with Gasteiger partial charge in [0.15, 0.2) is 0 Å². The standard InChI is InChI=1S/C21H28ClN5/c1-5-27(6-2)14-21(3,4)13-25-19-11-15(10-18(22)26-19)17-12-24-20-16(17)8-7-9-23-20/h7-12H,5-6,13-14H2,1-4H3,(H,23,24)(H,25,26). The molecule has 0 atom stereocenters. The first-order valence-electron chi connectivity index (χ1n) is 9.48. The summed E-state index contributed by atoms with van der Waals surface area (Å²) in [5.41, 5.74) is 3.10. The Labute approximate surface area is 166 Å². The molecule has 0 aliphatic heterocycles. The fourth-order valence-electron chi connectivity index (χ4n) is 3.38. The van der Waals surface area contributed by atoms with Gasteiger partial charge in [0.2, 0.25) is 0 Å². The minimum absolute atomic E-state index is 0.126. The van der Waals surface area contributed by atoms with Crippen LogP contribution < -0.4 is 5.32 Å². The van der Waals surface area contributed by atoms with Gasteiger partial charge in [-0.2, -0.15) is 0 Å². The number of aromatic amines is 1. The maximum absolute atomic E-state index is 6.31. The Balaban J connectivity index is 1.80. The Bertz CT molecular complexity index is 898. The molecule has 0 saturated heterocycles. The van der Waals surface area contributed by atoms with Crippen molar-refractivity contribution < 1.29 is 0 Å². The molecule has 3 heterocycles. The van der Waals surface area contributed by atoms with E-state index in [1.165, 1.54) is 0 Å². The predicted molar refractivity (Wildman–Crippen MR) is 114 cm³/mol. The highest BCUT2D eigenvalue weighted by atomic mass is 35.5. The number of H-pyrrole nitrogens is 1. The molecule has 2 N–H and O–H groups in total. The summed E-state index contributed by atoms with van der Waals surface area (Å²) in [7, 11) is 0. The molecule has 144 valence electrons. The van der Waals surface area contributed by atoms with E-state index >= 15 is 0 Å². The highest BCUT2D eigenvalue weighted by molar-refractivity contribution is 6.29. The lowest BCUT2D eigenvalue weighted by Crippen LogP contribution is -2.38. The average molecular weight is 386 g/mol. The third-order valence-electron chi connectivity index (χ3n) is 4.85. The van der Waals surface area contributed by atoms with Crippen molar-refractivity contribution in [3.05, 3.63) is 41.8 Å². The van der Waals surface area contributed by atoms with E-state index < -0.39 is 0 Å². The van der Waals surface area contributed by atoms with Crippen molar-refractivity contribution in [3.63, 3.8) is 0 Å². The molecule has 27 heavy (non-hydrogen) atoms. The molecule has 0 aromatic carbocycles. The molecule has 0 aliphatic carbocycles. The summed E-state index contributed by atoms with van der Waals surface area (Å²) >= 11 is 6.31. The molecule has 3 aromatic heterocycles. The number of pyridine rings is 2.